The topological polar surface area (TPSA) is 63.2 Å². The third-order valence-electron chi connectivity index (χ3n) is 4.50. The van der Waals surface area contributed by atoms with Crippen LogP contribution >= 0.6 is 11.3 Å². The zero-order valence-corrected chi connectivity index (χ0v) is 15.0. The third-order valence-corrected chi connectivity index (χ3v) is 5.42. The molecule has 25 heavy (non-hydrogen) atoms. The average Bonchev–Trinajstić information content (AvgIpc) is 3.03. The number of methoxy groups -OCH3 is 1. The molecule has 3 rings (SSSR count). The lowest BCUT2D eigenvalue weighted by molar-refractivity contribution is -0.130. The molecule has 0 unspecified atom stereocenters. The molecule has 1 saturated heterocycles. The Morgan fingerprint density at radius 2 is 2.24 bits per heavy atom. The van der Waals surface area contributed by atoms with Gasteiger partial charge in [0.05, 0.1) is 12.0 Å². The highest BCUT2D eigenvalue weighted by atomic mass is 32.1. The maximum atomic E-state index is 13.3. The van der Waals surface area contributed by atoms with Gasteiger partial charge in [0.15, 0.2) is 5.13 Å². The molecule has 7 heteroatoms. The minimum Gasteiger partial charge on any atom is -0.384 e. The van der Waals surface area contributed by atoms with Crippen LogP contribution in [-0.2, 0) is 16.0 Å². The van der Waals surface area contributed by atoms with E-state index in [0.717, 1.165) is 36.4 Å². The fourth-order valence-corrected chi connectivity index (χ4v) is 3.99. The fourth-order valence-electron chi connectivity index (χ4n) is 3.14. The first kappa shape index (κ1) is 18.0. The highest BCUT2D eigenvalue weighted by Gasteiger charge is 2.40. The first-order chi connectivity index (χ1) is 12.1. The van der Waals surface area contributed by atoms with Crippen molar-refractivity contribution in [1.82, 2.24) is 10.3 Å². The third kappa shape index (κ3) is 4.42. The fraction of sp³-hybridized carbons (Fsp3) is 0.444. The first-order valence-electron chi connectivity index (χ1n) is 8.31. The van der Waals surface area contributed by atoms with Gasteiger partial charge in [0.25, 0.3) is 0 Å². The summed E-state index contributed by atoms with van der Waals surface area (Å²) in [7, 11) is 1.62. The predicted molar refractivity (Wildman–Crippen MR) is 96.4 cm³/mol. The van der Waals surface area contributed by atoms with Crippen molar-refractivity contribution in [2.75, 3.05) is 32.1 Å². The van der Waals surface area contributed by atoms with Crippen molar-refractivity contribution in [1.29, 1.82) is 0 Å². The van der Waals surface area contributed by atoms with Crippen molar-refractivity contribution in [2.45, 2.75) is 19.3 Å². The molecule has 5 nitrogen and oxygen atoms in total. The Morgan fingerprint density at radius 3 is 2.96 bits per heavy atom. The van der Waals surface area contributed by atoms with Crippen molar-refractivity contribution in [3.63, 3.8) is 0 Å². The molecule has 0 spiro atoms. The molecular formula is C18H22FN3O2S. The Labute approximate surface area is 150 Å². The van der Waals surface area contributed by atoms with Crippen LogP contribution in [0.25, 0.3) is 0 Å². The number of nitrogens with zero attached hydrogens (tertiary/aromatic N) is 1. The summed E-state index contributed by atoms with van der Waals surface area (Å²) in [5, 5.41) is 6.79. The lowest BCUT2D eigenvalue weighted by Crippen LogP contribution is -2.47. The number of halogens is 1. The van der Waals surface area contributed by atoms with E-state index < -0.39 is 5.41 Å². The SMILES string of the molecule is COCC1(C(=O)Nc2ncc(Cc3cccc(F)c3)s2)CCNCC1. The summed E-state index contributed by atoms with van der Waals surface area (Å²) in [4.78, 5) is 18.1. The maximum Gasteiger partial charge on any atom is 0.234 e. The van der Waals surface area contributed by atoms with Gasteiger partial charge in [-0.2, -0.15) is 0 Å². The maximum absolute atomic E-state index is 13.3. The monoisotopic (exact) mass is 363 g/mol. The molecule has 1 aliphatic heterocycles. The molecule has 2 heterocycles. The van der Waals surface area contributed by atoms with Gasteiger partial charge in [0.1, 0.15) is 5.82 Å². The molecular weight excluding hydrogens is 341 g/mol. The summed E-state index contributed by atoms with van der Waals surface area (Å²) < 4.78 is 18.6. The molecule has 134 valence electrons. The number of benzene rings is 1. The average molecular weight is 363 g/mol. The zero-order chi connectivity index (χ0) is 17.7. The second kappa shape index (κ2) is 8.03. The quantitative estimate of drug-likeness (QED) is 0.828. The van der Waals surface area contributed by atoms with E-state index in [1.54, 1.807) is 19.4 Å². The summed E-state index contributed by atoms with van der Waals surface area (Å²) in [6.07, 6.45) is 3.82. The Kier molecular flexibility index (Phi) is 5.78. The Morgan fingerprint density at radius 1 is 1.44 bits per heavy atom. The molecule has 1 aromatic heterocycles. The number of nitrogens with one attached hydrogen (secondary N) is 2. The van der Waals surface area contributed by atoms with Crippen LogP contribution in [0.15, 0.2) is 30.5 Å². The highest BCUT2D eigenvalue weighted by Crippen LogP contribution is 2.32. The van der Waals surface area contributed by atoms with Crippen LogP contribution in [-0.4, -0.2) is 37.7 Å². The van der Waals surface area contributed by atoms with E-state index >= 15 is 0 Å². The van der Waals surface area contributed by atoms with Crippen molar-refractivity contribution in [3.05, 3.63) is 46.7 Å². The number of rotatable bonds is 6. The van der Waals surface area contributed by atoms with Crippen LogP contribution in [0, 0.1) is 11.2 Å². The number of carbonyl (C=O) groups is 1. The number of amides is 1. The number of carbonyl (C=O) groups excluding carboxylic acids is 1. The van der Waals surface area contributed by atoms with Gasteiger partial charge in [-0.3, -0.25) is 4.79 Å². The number of hydrogen-bond donors (Lipinski definition) is 2. The summed E-state index contributed by atoms with van der Waals surface area (Å²) in [5.74, 6) is -0.287. The summed E-state index contributed by atoms with van der Waals surface area (Å²) in [5.41, 5.74) is 0.379. The zero-order valence-electron chi connectivity index (χ0n) is 14.2. The molecule has 1 amide bonds. The van der Waals surface area contributed by atoms with Crippen molar-refractivity contribution >= 4 is 22.4 Å². The number of thiazole rings is 1. The molecule has 2 N–H and O–H groups in total. The van der Waals surface area contributed by atoms with Crippen LogP contribution in [0.1, 0.15) is 23.3 Å². The van der Waals surface area contributed by atoms with Gasteiger partial charge >= 0.3 is 0 Å². The first-order valence-corrected chi connectivity index (χ1v) is 9.13. The van der Waals surface area contributed by atoms with Gasteiger partial charge < -0.3 is 15.4 Å². The molecule has 1 aromatic carbocycles. The molecule has 2 aromatic rings. The molecule has 1 aliphatic rings. The molecule has 0 aliphatic carbocycles. The van der Waals surface area contributed by atoms with E-state index in [1.165, 1.54) is 23.5 Å². The van der Waals surface area contributed by atoms with Crippen LogP contribution < -0.4 is 10.6 Å². The van der Waals surface area contributed by atoms with E-state index in [-0.39, 0.29) is 11.7 Å². The number of piperidine rings is 1. The van der Waals surface area contributed by atoms with E-state index in [9.17, 15) is 9.18 Å². The predicted octanol–water partition coefficient (Wildman–Crippen LogP) is 2.83. The lowest BCUT2D eigenvalue weighted by atomic mass is 9.79. The number of hydrogen-bond acceptors (Lipinski definition) is 5. The van der Waals surface area contributed by atoms with Crippen LogP contribution in [0.5, 0.6) is 0 Å². The van der Waals surface area contributed by atoms with Crippen LogP contribution in [0.3, 0.4) is 0 Å². The molecule has 0 saturated carbocycles. The van der Waals surface area contributed by atoms with Crippen molar-refractivity contribution in [3.8, 4) is 0 Å². The number of ether oxygens (including phenoxy) is 1. The molecule has 0 bridgehead atoms. The highest BCUT2D eigenvalue weighted by molar-refractivity contribution is 7.15. The van der Waals surface area contributed by atoms with Gasteiger partial charge in [0, 0.05) is 24.6 Å². The van der Waals surface area contributed by atoms with Gasteiger partial charge in [-0.1, -0.05) is 12.1 Å². The van der Waals surface area contributed by atoms with E-state index in [4.69, 9.17) is 4.74 Å². The number of anilines is 1. The van der Waals surface area contributed by atoms with Crippen LogP contribution in [0.4, 0.5) is 9.52 Å². The minimum atomic E-state index is -0.506. The second-order valence-corrected chi connectivity index (χ2v) is 7.47. The van der Waals surface area contributed by atoms with Gasteiger partial charge in [0.2, 0.25) is 5.91 Å². The summed E-state index contributed by atoms with van der Waals surface area (Å²) in [6, 6.07) is 6.51. The smallest absolute Gasteiger partial charge is 0.234 e. The van der Waals surface area contributed by atoms with E-state index in [2.05, 4.69) is 15.6 Å². The normalized spacial score (nSPS) is 16.6. The minimum absolute atomic E-state index is 0.0393. The molecule has 0 atom stereocenters. The Hall–Kier alpha value is -1.83. The van der Waals surface area contributed by atoms with Gasteiger partial charge in [-0.25, -0.2) is 9.37 Å². The van der Waals surface area contributed by atoms with Crippen LogP contribution in [0.2, 0.25) is 0 Å². The standard InChI is InChI=1S/C18H22FN3O2S/c1-24-12-18(5-7-20-8-6-18)16(23)22-17-21-11-15(25-17)10-13-3-2-4-14(19)9-13/h2-4,9,11,20H,5-8,10,12H2,1H3,(H,21,22,23). The summed E-state index contributed by atoms with van der Waals surface area (Å²) >= 11 is 1.42. The van der Waals surface area contributed by atoms with Crippen molar-refractivity contribution < 1.29 is 13.9 Å². The summed E-state index contributed by atoms with van der Waals surface area (Å²) in [6.45, 7) is 2.01. The van der Waals surface area contributed by atoms with Crippen molar-refractivity contribution in [2.24, 2.45) is 5.41 Å². The largest absolute Gasteiger partial charge is 0.384 e. The molecule has 0 radical (unpaired) electrons. The van der Waals surface area contributed by atoms with E-state index in [1.807, 2.05) is 6.07 Å². The second-order valence-electron chi connectivity index (χ2n) is 6.36. The molecule has 1 fully saturated rings. The van der Waals surface area contributed by atoms with Gasteiger partial charge in [-0.05, 0) is 43.6 Å². The number of aromatic nitrogens is 1. The van der Waals surface area contributed by atoms with Gasteiger partial charge in [-0.15, -0.1) is 11.3 Å². The van der Waals surface area contributed by atoms with E-state index in [0.29, 0.717) is 18.2 Å². The Bertz CT molecular complexity index is 723. The lowest BCUT2D eigenvalue weighted by Gasteiger charge is -2.35. The Balaban J connectivity index is 1.66.